The van der Waals surface area contributed by atoms with Crippen molar-refractivity contribution in [1.29, 1.82) is 0 Å². The predicted octanol–water partition coefficient (Wildman–Crippen LogP) is 0.936. The van der Waals surface area contributed by atoms with Crippen molar-refractivity contribution in [2.75, 3.05) is 19.8 Å². The number of nitrogens with one attached hydrogen (secondary N) is 1. The van der Waals surface area contributed by atoms with Crippen LogP contribution in [0.5, 0.6) is 0 Å². The number of aromatic nitrogens is 1. The lowest BCUT2D eigenvalue weighted by Crippen LogP contribution is -2.29. The van der Waals surface area contributed by atoms with Gasteiger partial charge in [0.15, 0.2) is 0 Å². The van der Waals surface area contributed by atoms with Crippen LogP contribution < -0.4 is 5.32 Å². The molecule has 1 aliphatic carbocycles. The maximum atomic E-state index is 11.8. The number of hydrogen-bond acceptors (Lipinski definition) is 4. The molecular weight excluding hydrogens is 248 g/mol. The molecule has 1 aromatic heterocycles. The van der Waals surface area contributed by atoms with Crippen molar-refractivity contribution >= 4 is 11.9 Å². The number of carboxylic acid groups (broad SMARTS) is 1. The molecule has 0 aliphatic heterocycles. The van der Waals surface area contributed by atoms with Crippen molar-refractivity contribution in [2.24, 2.45) is 5.92 Å². The van der Waals surface area contributed by atoms with E-state index in [1.165, 1.54) is 31.2 Å². The summed E-state index contributed by atoms with van der Waals surface area (Å²) < 4.78 is 5.37. The zero-order chi connectivity index (χ0) is 13.7. The molecule has 0 unspecified atom stereocenters. The van der Waals surface area contributed by atoms with Gasteiger partial charge in [-0.05, 0) is 30.9 Å². The van der Waals surface area contributed by atoms with Gasteiger partial charge in [0, 0.05) is 19.3 Å². The molecule has 2 N–H and O–H groups in total. The molecule has 6 nitrogen and oxygen atoms in total. The lowest BCUT2D eigenvalue weighted by Gasteiger charge is -2.07. The molecule has 0 saturated heterocycles. The molecule has 1 aliphatic rings. The van der Waals surface area contributed by atoms with Crippen LogP contribution in [0.15, 0.2) is 18.3 Å². The standard InChI is InChI=1S/C13H16N2O4/c16-12(15-6-7-19-8-9-3-4-9)11-10(13(17)18)2-1-5-14-11/h1-2,5,9H,3-4,6-8H2,(H,15,16)(H,17,18). The second-order valence-electron chi connectivity index (χ2n) is 4.48. The van der Waals surface area contributed by atoms with Gasteiger partial charge in [0.05, 0.1) is 12.2 Å². The lowest BCUT2D eigenvalue weighted by molar-refractivity contribution is 0.0689. The summed E-state index contributed by atoms with van der Waals surface area (Å²) in [6.45, 7) is 1.51. The van der Waals surface area contributed by atoms with Crippen LogP contribution in [-0.2, 0) is 4.74 Å². The van der Waals surface area contributed by atoms with Gasteiger partial charge in [-0.15, -0.1) is 0 Å². The van der Waals surface area contributed by atoms with Gasteiger partial charge in [0.1, 0.15) is 5.69 Å². The van der Waals surface area contributed by atoms with E-state index < -0.39 is 11.9 Å². The molecular formula is C13H16N2O4. The Kier molecular flexibility index (Phi) is 4.46. The Morgan fingerprint density at radius 3 is 2.95 bits per heavy atom. The number of carbonyl (C=O) groups excluding carboxylic acids is 1. The first-order valence-corrected chi connectivity index (χ1v) is 6.22. The van der Waals surface area contributed by atoms with Crippen LogP contribution >= 0.6 is 0 Å². The number of aromatic carboxylic acids is 1. The Balaban J connectivity index is 1.79. The first-order chi connectivity index (χ1) is 9.18. The van der Waals surface area contributed by atoms with E-state index >= 15 is 0 Å². The molecule has 1 fully saturated rings. The number of nitrogens with zero attached hydrogens (tertiary/aromatic N) is 1. The summed E-state index contributed by atoms with van der Waals surface area (Å²) in [6, 6.07) is 2.84. The number of carboxylic acids is 1. The summed E-state index contributed by atoms with van der Waals surface area (Å²) in [5, 5.41) is 11.5. The van der Waals surface area contributed by atoms with E-state index in [2.05, 4.69) is 10.3 Å². The number of ether oxygens (including phenoxy) is 1. The first-order valence-electron chi connectivity index (χ1n) is 6.22. The quantitative estimate of drug-likeness (QED) is 0.715. The van der Waals surface area contributed by atoms with E-state index in [4.69, 9.17) is 9.84 Å². The Morgan fingerprint density at radius 1 is 1.47 bits per heavy atom. The summed E-state index contributed by atoms with van der Waals surface area (Å²) in [7, 11) is 0. The molecule has 19 heavy (non-hydrogen) atoms. The molecule has 0 radical (unpaired) electrons. The van der Waals surface area contributed by atoms with Crippen LogP contribution in [0.25, 0.3) is 0 Å². The predicted molar refractivity (Wildman–Crippen MR) is 67.1 cm³/mol. The van der Waals surface area contributed by atoms with Gasteiger partial charge in [0.25, 0.3) is 5.91 Å². The van der Waals surface area contributed by atoms with Crippen LogP contribution in [0.2, 0.25) is 0 Å². The average Bonchev–Trinajstić information content (AvgIpc) is 3.22. The maximum absolute atomic E-state index is 11.8. The normalized spacial score (nSPS) is 14.1. The fourth-order valence-electron chi connectivity index (χ4n) is 1.61. The largest absolute Gasteiger partial charge is 0.478 e. The van der Waals surface area contributed by atoms with E-state index in [1.807, 2.05) is 0 Å². The third-order valence-corrected chi connectivity index (χ3v) is 2.84. The Bertz CT molecular complexity index is 471. The fourth-order valence-corrected chi connectivity index (χ4v) is 1.61. The minimum atomic E-state index is -1.16. The molecule has 1 heterocycles. The lowest BCUT2D eigenvalue weighted by atomic mass is 10.2. The second-order valence-corrected chi connectivity index (χ2v) is 4.48. The average molecular weight is 264 g/mol. The Labute approximate surface area is 110 Å². The highest BCUT2D eigenvalue weighted by Crippen LogP contribution is 2.28. The molecule has 102 valence electrons. The van der Waals surface area contributed by atoms with E-state index in [0.717, 1.165) is 6.61 Å². The van der Waals surface area contributed by atoms with Crippen LogP contribution in [-0.4, -0.2) is 41.7 Å². The van der Waals surface area contributed by atoms with Crippen LogP contribution in [0.3, 0.4) is 0 Å². The number of carbonyl (C=O) groups is 2. The Hall–Kier alpha value is -1.95. The van der Waals surface area contributed by atoms with Gasteiger partial charge >= 0.3 is 5.97 Å². The van der Waals surface area contributed by atoms with Crippen molar-refractivity contribution in [3.8, 4) is 0 Å². The number of hydrogen-bond donors (Lipinski definition) is 2. The summed E-state index contributed by atoms with van der Waals surface area (Å²) >= 11 is 0. The summed E-state index contributed by atoms with van der Waals surface area (Å²) in [4.78, 5) is 26.5. The minimum absolute atomic E-state index is 0.0720. The van der Waals surface area contributed by atoms with Crippen molar-refractivity contribution in [3.05, 3.63) is 29.6 Å². The summed E-state index contributed by atoms with van der Waals surface area (Å²) in [6.07, 6.45) is 3.84. The highest BCUT2D eigenvalue weighted by atomic mass is 16.5. The molecule has 0 aromatic carbocycles. The van der Waals surface area contributed by atoms with E-state index in [1.54, 1.807) is 0 Å². The van der Waals surface area contributed by atoms with Crippen molar-refractivity contribution in [1.82, 2.24) is 10.3 Å². The molecule has 6 heteroatoms. The minimum Gasteiger partial charge on any atom is -0.478 e. The fraction of sp³-hybridized carbons (Fsp3) is 0.462. The molecule has 2 rings (SSSR count). The SMILES string of the molecule is O=C(O)c1cccnc1C(=O)NCCOCC1CC1. The third-order valence-electron chi connectivity index (χ3n) is 2.84. The topological polar surface area (TPSA) is 88.5 Å². The number of amides is 1. The number of rotatable bonds is 7. The van der Waals surface area contributed by atoms with Crippen LogP contribution in [0.4, 0.5) is 0 Å². The Morgan fingerprint density at radius 2 is 2.26 bits per heavy atom. The zero-order valence-electron chi connectivity index (χ0n) is 10.5. The van der Waals surface area contributed by atoms with Crippen molar-refractivity contribution in [3.63, 3.8) is 0 Å². The zero-order valence-corrected chi connectivity index (χ0v) is 10.5. The molecule has 1 amide bonds. The van der Waals surface area contributed by atoms with Crippen molar-refractivity contribution in [2.45, 2.75) is 12.8 Å². The van der Waals surface area contributed by atoms with Gasteiger partial charge < -0.3 is 15.2 Å². The van der Waals surface area contributed by atoms with Crippen LogP contribution in [0, 0.1) is 5.92 Å². The van der Waals surface area contributed by atoms with Gasteiger partial charge in [-0.25, -0.2) is 4.79 Å². The molecule has 0 bridgehead atoms. The van der Waals surface area contributed by atoms with Gasteiger partial charge in [-0.2, -0.15) is 0 Å². The molecule has 0 atom stereocenters. The van der Waals surface area contributed by atoms with E-state index in [0.29, 0.717) is 19.1 Å². The molecule has 1 saturated carbocycles. The molecule has 1 aromatic rings. The van der Waals surface area contributed by atoms with Crippen LogP contribution in [0.1, 0.15) is 33.7 Å². The van der Waals surface area contributed by atoms with Gasteiger partial charge in [-0.1, -0.05) is 0 Å². The smallest absolute Gasteiger partial charge is 0.338 e. The van der Waals surface area contributed by atoms with E-state index in [-0.39, 0.29) is 11.3 Å². The highest BCUT2D eigenvalue weighted by Gasteiger charge is 2.21. The van der Waals surface area contributed by atoms with Gasteiger partial charge in [0.2, 0.25) is 0 Å². The molecule has 0 spiro atoms. The van der Waals surface area contributed by atoms with E-state index in [9.17, 15) is 9.59 Å². The maximum Gasteiger partial charge on any atom is 0.338 e. The highest BCUT2D eigenvalue weighted by molar-refractivity contribution is 6.03. The summed E-state index contributed by atoms with van der Waals surface area (Å²) in [5.41, 5.74) is -0.170. The first kappa shape index (κ1) is 13.5. The van der Waals surface area contributed by atoms with Gasteiger partial charge in [-0.3, -0.25) is 9.78 Å². The monoisotopic (exact) mass is 264 g/mol. The second kappa shape index (κ2) is 6.29. The number of pyridine rings is 1. The van der Waals surface area contributed by atoms with Crippen molar-refractivity contribution < 1.29 is 19.4 Å². The third kappa shape index (κ3) is 4.03. The summed E-state index contributed by atoms with van der Waals surface area (Å²) in [5.74, 6) is -0.971.